The quantitative estimate of drug-likeness (QED) is 0.765. The highest BCUT2D eigenvalue weighted by molar-refractivity contribution is 5.94. The van der Waals surface area contributed by atoms with Gasteiger partial charge in [-0.1, -0.05) is 12.1 Å². The molecule has 1 atom stereocenters. The van der Waals surface area contributed by atoms with Gasteiger partial charge in [-0.05, 0) is 37.0 Å². The zero-order valence-electron chi connectivity index (χ0n) is 15.3. The van der Waals surface area contributed by atoms with Gasteiger partial charge in [0.15, 0.2) is 0 Å². The molecule has 1 fully saturated rings. The first-order valence-corrected chi connectivity index (χ1v) is 9.64. The first kappa shape index (κ1) is 17.7. The van der Waals surface area contributed by atoms with E-state index >= 15 is 0 Å². The molecule has 3 heterocycles. The van der Waals surface area contributed by atoms with E-state index in [1.165, 1.54) is 6.42 Å². The number of imidazole rings is 1. The van der Waals surface area contributed by atoms with Crippen LogP contribution in [0.25, 0.3) is 0 Å². The molecule has 0 spiro atoms. The summed E-state index contributed by atoms with van der Waals surface area (Å²) in [5, 5.41) is 6.17. The largest absolute Gasteiger partial charge is 0.350 e. The molecule has 1 aromatic carbocycles. The van der Waals surface area contributed by atoms with Crippen molar-refractivity contribution in [3.63, 3.8) is 0 Å². The van der Waals surface area contributed by atoms with Crippen molar-refractivity contribution in [1.29, 1.82) is 0 Å². The molecule has 7 heteroatoms. The number of hydrogen-bond donors (Lipinski definition) is 3. The molecular weight excluding hydrogens is 342 g/mol. The minimum Gasteiger partial charge on any atom is -0.350 e. The van der Waals surface area contributed by atoms with Crippen molar-refractivity contribution in [3.8, 4) is 0 Å². The van der Waals surface area contributed by atoms with Gasteiger partial charge in [0.1, 0.15) is 6.04 Å². The number of benzene rings is 1. The van der Waals surface area contributed by atoms with Crippen LogP contribution in [0, 0.1) is 0 Å². The van der Waals surface area contributed by atoms with E-state index < -0.39 is 6.04 Å². The van der Waals surface area contributed by atoms with Gasteiger partial charge in [0.05, 0.1) is 12.0 Å². The standard InChI is InChI=1S/C20H25N5O2/c26-19(18-17-16(8-9-21-18)23-13-24-17)22-12-14-4-6-15(7-5-14)20(27)25-10-2-1-3-11-25/h4-7,13,18,21H,1-3,8-12H2,(H,22,26)(H,23,24)/t18-/m0/s1. The van der Waals surface area contributed by atoms with Crippen LogP contribution < -0.4 is 10.6 Å². The molecule has 0 saturated carbocycles. The third kappa shape index (κ3) is 3.88. The molecule has 4 rings (SSSR count). The summed E-state index contributed by atoms with van der Waals surface area (Å²) in [7, 11) is 0. The number of carbonyl (C=O) groups excluding carboxylic acids is 2. The minimum atomic E-state index is -0.417. The molecule has 0 aliphatic carbocycles. The number of amides is 2. The van der Waals surface area contributed by atoms with Crippen LogP contribution >= 0.6 is 0 Å². The Morgan fingerprint density at radius 2 is 1.93 bits per heavy atom. The fourth-order valence-corrected chi connectivity index (χ4v) is 3.77. The number of aromatic amines is 1. The second kappa shape index (κ2) is 7.92. The summed E-state index contributed by atoms with van der Waals surface area (Å²) in [4.78, 5) is 34.3. The highest BCUT2D eigenvalue weighted by Crippen LogP contribution is 2.19. The average Bonchev–Trinajstić information content (AvgIpc) is 3.21. The summed E-state index contributed by atoms with van der Waals surface area (Å²) < 4.78 is 0. The van der Waals surface area contributed by atoms with E-state index in [4.69, 9.17) is 0 Å². The van der Waals surface area contributed by atoms with Crippen LogP contribution in [0.2, 0.25) is 0 Å². The van der Waals surface area contributed by atoms with Crippen LogP contribution in [0.3, 0.4) is 0 Å². The molecule has 2 aliphatic rings. The monoisotopic (exact) mass is 367 g/mol. The van der Waals surface area contributed by atoms with E-state index in [0.717, 1.165) is 55.8 Å². The Morgan fingerprint density at radius 1 is 1.15 bits per heavy atom. The lowest BCUT2D eigenvalue weighted by molar-refractivity contribution is -0.123. The molecule has 142 valence electrons. The third-order valence-electron chi connectivity index (χ3n) is 5.32. The summed E-state index contributed by atoms with van der Waals surface area (Å²) in [5.41, 5.74) is 3.48. The Bertz CT molecular complexity index is 808. The SMILES string of the molecule is O=C(NCc1ccc(C(=O)N2CCCCC2)cc1)[C@H]1NCCc2[nH]cnc21. The van der Waals surface area contributed by atoms with Crippen molar-refractivity contribution in [2.45, 2.75) is 38.3 Å². The molecule has 1 saturated heterocycles. The van der Waals surface area contributed by atoms with E-state index in [2.05, 4.69) is 20.6 Å². The zero-order valence-corrected chi connectivity index (χ0v) is 15.3. The first-order chi connectivity index (χ1) is 13.2. The number of rotatable bonds is 4. The van der Waals surface area contributed by atoms with Gasteiger partial charge < -0.3 is 20.5 Å². The summed E-state index contributed by atoms with van der Waals surface area (Å²) >= 11 is 0. The number of nitrogens with zero attached hydrogens (tertiary/aromatic N) is 2. The maximum Gasteiger partial charge on any atom is 0.253 e. The summed E-state index contributed by atoms with van der Waals surface area (Å²) in [6.07, 6.45) is 5.87. The lowest BCUT2D eigenvalue weighted by Gasteiger charge is -2.26. The van der Waals surface area contributed by atoms with E-state index in [9.17, 15) is 9.59 Å². The molecule has 2 amide bonds. The molecule has 27 heavy (non-hydrogen) atoms. The smallest absolute Gasteiger partial charge is 0.253 e. The van der Waals surface area contributed by atoms with Gasteiger partial charge in [0, 0.05) is 43.9 Å². The predicted molar refractivity (Wildman–Crippen MR) is 101 cm³/mol. The van der Waals surface area contributed by atoms with E-state index in [1.807, 2.05) is 29.2 Å². The maximum atomic E-state index is 12.5. The predicted octanol–water partition coefficient (Wildman–Crippen LogP) is 1.54. The summed E-state index contributed by atoms with van der Waals surface area (Å²) in [5.74, 6) is 0.0132. The Kier molecular flexibility index (Phi) is 5.20. The fourth-order valence-electron chi connectivity index (χ4n) is 3.77. The second-order valence-electron chi connectivity index (χ2n) is 7.17. The Morgan fingerprint density at radius 3 is 2.70 bits per heavy atom. The van der Waals surface area contributed by atoms with Crippen molar-refractivity contribution in [1.82, 2.24) is 25.5 Å². The number of carbonyl (C=O) groups is 2. The van der Waals surface area contributed by atoms with Gasteiger partial charge in [-0.15, -0.1) is 0 Å². The number of piperidine rings is 1. The van der Waals surface area contributed by atoms with Crippen molar-refractivity contribution >= 4 is 11.8 Å². The van der Waals surface area contributed by atoms with Gasteiger partial charge in [-0.2, -0.15) is 0 Å². The number of aromatic nitrogens is 2. The van der Waals surface area contributed by atoms with Gasteiger partial charge in [0.25, 0.3) is 5.91 Å². The van der Waals surface area contributed by atoms with Gasteiger partial charge >= 0.3 is 0 Å². The normalized spacial score (nSPS) is 19.4. The maximum absolute atomic E-state index is 12.5. The molecule has 1 aromatic heterocycles. The van der Waals surface area contributed by atoms with E-state index in [0.29, 0.717) is 12.1 Å². The molecule has 3 N–H and O–H groups in total. The third-order valence-corrected chi connectivity index (χ3v) is 5.32. The fraction of sp³-hybridized carbons (Fsp3) is 0.450. The first-order valence-electron chi connectivity index (χ1n) is 9.64. The second-order valence-corrected chi connectivity index (χ2v) is 7.17. The summed E-state index contributed by atoms with van der Waals surface area (Å²) in [6.45, 7) is 2.87. The lowest BCUT2D eigenvalue weighted by Crippen LogP contribution is -2.41. The summed E-state index contributed by atoms with van der Waals surface area (Å²) in [6, 6.07) is 7.10. The lowest BCUT2D eigenvalue weighted by atomic mass is 10.0. The van der Waals surface area contributed by atoms with Gasteiger partial charge in [-0.25, -0.2) is 4.98 Å². The van der Waals surface area contributed by atoms with Crippen LogP contribution in [-0.4, -0.2) is 46.3 Å². The number of H-pyrrole nitrogens is 1. The van der Waals surface area contributed by atoms with Crippen LogP contribution in [0.5, 0.6) is 0 Å². The minimum absolute atomic E-state index is 0.0866. The number of nitrogens with one attached hydrogen (secondary N) is 3. The molecule has 0 bridgehead atoms. The van der Waals surface area contributed by atoms with Crippen molar-refractivity contribution in [2.24, 2.45) is 0 Å². The van der Waals surface area contributed by atoms with Crippen molar-refractivity contribution in [2.75, 3.05) is 19.6 Å². The number of likely N-dealkylation sites (tertiary alicyclic amines) is 1. The average molecular weight is 367 g/mol. The van der Waals surface area contributed by atoms with Crippen molar-refractivity contribution < 1.29 is 9.59 Å². The van der Waals surface area contributed by atoms with Gasteiger partial charge in [-0.3, -0.25) is 9.59 Å². The Labute approximate surface area is 158 Å². The van der Waals surface area contributed by atoms with Crippen LogP contribution in [0.1, 0.15) is 52.6 Å². The number of fused-ring (bicyclic) bond motifs is 1. The van der Waals surface area contributed by atoms with Gasteiger partial charge in [0.2, 0.25) is 5.91 Å². The highest BCUT2D eigenvalue weighted by Gasteiger charge is 2.28. The topological polar surface area (TPSA) is 90.1 Å². The Hall–Kier alpha value is -2.67. The molecule has 0 unspecified atom stereocenters. The van der Waals surface area contributed by atoms with E-state index in [-0.39, 0.29) is 11.8 Å². The van der Waals surface area contributed by atoms with Crippen molar-refractivity contribution in [3.05, 3.63) is 53.1 Å². The van der Waals surface area contributed by atoms with E-state index in [1.54, 1.807) is 6.33 Å². The molecule has 2 aromatic rings. The van der Waals surface area contributed by atoms with Crippen LogP contribution in [0.15, 0.2) is 30.6 Å². The highest BCUT2D eigenvalue weighted by atomic mass is 16.2. The Balaban J connectivity index is 1.34. The zero-order chi connectivity index (χ0) is 18.6. The molecule has 2 aliphatic heterocycles. The number of hydrogen-bond acceptors (Lipinski definition) is 4. The molecule has 0 radical (unpaired) electrons. The van der Waals surface area contributed by atoms with Crippen LogP contribution in [-0.2, 0) is 17.8 Å². The molecule has 7 nitrogen and oxygen atoms in total. The van der Waals surface area contributed by atoms with Crippen LogP contribution in [0.4, 0.5) is 0 Å². The molecular formula is C20H25N5O2.